The summed E-state index contributed by atoms with van der Waals surface area (Å²) in [4.78, 5) is 14.6. The number of amides is 1. The highest BCUT2D eigenvalue weighted by molar-refractivity contribution is 5.78. The lowest BCUT2D eigenvalue weighted by molar-refractivity contribution is -0.123. The maximum atomic E-state index is 12.2. The first-order valence-corrected chi connectivity index (χ1v) is 8.49. The smallest absolute Gasteiger partial charge is 0.234 e. The third kappa shape index (κ3) is 7.88. The van der Waals surface area contributed by atoms with Crippen LogP contribution in [-0.2, 0) is 4.79 Å². The first-order chi connectivity index (χ1) is 9.47. The molecule has 0 bridgehead atoms. The first-order valence-electron chi connectivity index (χ1n) is 8.49. The van der Waals surface area contributed by atoms with Crippen LogP contribution in [-0.4, -0.2) is 36.5 Å². The zero-order valence-electron chi connectivity index (χ0n) is 14.0. The van der Waals surface area contributed by atoms with Gasteiger partial charge in [-0.25, -0.2) is 0 Å². The average Bonchev–Trinajstić information content (AvgIpc) is 2.55. The number of rotatable bonds is 7. The van der Waals surface area contributed by atoms with Gasteiger partial charge in [0.2, 0.25) is 5.91 Å². The van der Waals surface area contributed by atoms with Crippen LogP contribution in [0.1, 0.15) is 66.2 Å². The van der Waals surface area contributed by atoms with Crippen LogP contribution in [0.25, 0.3) is 0 Å². The van der Waals surface area contributed by atoms with Gasteiger partial charge < -0.3 is 5.32 Å². The van der Waals surface area contributed by atoms with Gasteiger partial charge in [0.05, 0.1) is 6.54 Å². The molecule has 20 heavy (non-hydrogen) atoms. The van der Waals surface area contributed by atoms with Crippen molar-refractivity contribution in [2.24, 2.45) is 11.8 Å². The van der Waals surface area contributed by atoms with E-state index in [1.165, 1.54) is 38.5 Å². The summed E-state index contributed by atoms with van der Waals surface area (Å²) in [6.45, 7) is 11.5. The zero-order valence-corrected chi connectivity index (χ0v) is 14.0. The molecule has 0 atom stereocenters. The van der Waals surface area contributed by atoms with Gasteiger partial charge in [-0.05, 0) is 24.7 Å². The number of nitrogens with one attached hydrogen (secondary N) is 1. The summed E-state index contributed by atoms with van der Waals surface area (Å²) in [5.74, 6) is 1.44. The molecule has 3 nitrogen and oxygen atoms in total. The van der Waals surface area contributed by atoms with Crippen LogP contribution in [0.4, 0.5) is 0 Å². The summed E-state index contributed by atoms with van der Waals surface area (Å²) in [5, 5.41) is 3.26. The second-order valence-electron chi connectivity index (χ2n) is 7.24. The van der Waals surface area contributed by atoms with E-state index < -0.39 is 0 Å². The van der Waals surface area contributed by atoms with Crippen LogP contribution < -0.4 is 5.32 Å². The SMILES string of the molecule is CC(C)CN(CC(=O)NC1CCCCCC1)CC(C)C. The third-order valence-corrected chi connectivity index (χ3v) is 3.83. The van der Waals surface area contributed by atoms with Crippen molar-refractivity contribution in [2.45, 2.75) is 72.3 Å². The van der Waals surface area contributed by atoms with E-state index in [4.69, 9.17) is 0 Å². The summed E-state index contributed by atoms with van der Waals surface area (Å²) < 4.78 is 0. The summed E-state index contributed by atoms with van der Waals surface area (Å²) in [5.41, 5.74) is 0. The highest BCUT2D eigenvalue weighted by atomic mass is 16.2. The molecule has 0 heterocycles. The van der Waals surface area contributed by atoms with Gasteiger partial charge in [0.15, 0.2) is 0 Å². The van der Waals surface area contributed by atoms with E-state index in [1.807, 2.05) is 0 Å². The molecule has 0 aliphatic heterocycles. The highest BCUT2D eigenvalue weighted by Gasteiger charge is 2.18. The number of hydrogen-bond donors (Lipinski definition) is 1. The van der Waals surface area contributed by atoms with Crippen molar-refractivity contribution in [1.29, 1.82) is 0 Å². The first kappa shape index (κ1) is 17.5. The van der Waals surface area contributed by atoms with Gasteiger partial charge in [0.25, 0.3) is 0 Å². The Morgan fingerprint density at radius 2 is 1.50 bits per heavy atom. The van der Waals surface area contributed by atoms with Gasteiger partial charge in [0.1, 0.15) is 0 Å². The van der Waals surface area contributed by atoms with Crippen molar-refractivity contribution in [3.63, 3.8) is 0 Å². The van der Waals surface area contributed by atoms with Crippen LogP contribution in [0.5, 0.6) is 0 Å². The number of hydrogen-bond acceptors (Lipinski definition) is 2. The van der Waals surface area contributed by atoms with E-state index in [9.17, 15) is 4.79 Å². The molecule has 0 aromatic heterocycles. The van der Waals surface area contributed by atoms with Crippen LogP contribution in [0, 0.1) is 11.8 Å². The minimum absolute atomic E-state index is 0.221. The highest BCUT2D eigenvalue weighted by Crippen LogP contribution is 2.17. The second kappa shape index (κ2) is 9.38. The van der Waals surface area contributed by atoms with E-state index >= 15 is 0 Å². The Labute approximate surface area is 125 Å². The standard InChI is InChI=1S/C17H34N2O/c1-14(2)11-19(12-15(3)4)13-17(20)18-16-9-7-5-6-8-10-16/h14-16H,5-13H2,1-4H3,(H,18,20). The number of nitrogens with zero attached hydrogens (tertiary/aromatic N) is 1. The predicted octanol–water partition coefficient (Wildman–Crippen LogP) is 3.44. The predicted molar refractivity (Wildman–Crippen MR) is 85.7 cm³/mol. The fourth-order valence-corrected chi connectivity index (χ4v) is 3.14. The topological polar surface area (TPSA) is 32.3 Å². The van der Waals surface area contributed by atoms with Gasteiger partial charge >= 0.3 is 0 Å². The monoisotopic (exact) mass is 282 g/mol. The second-order valence-corrected chi connectivity index (χ2v) is 7.24. The van der Waals surface area contributed by atoms with Crippen molar-refractivity contribution in [3.8, 4) is 0 Å². The minimum atomic E-state index is 0.221. The lowest BCUT2D eigenvalue weighted by Gasteiger charge is -2.26. The molecule has 1 fully saturated rings. The molecule has 0 unspecified atom stereocenters. The molecule has 1 aliphatic rings. The molecular weight excluding hydrogens is 248 g/mol. The lowest BCUT2D eigenvalue weighted by Crippen LogP contribution is -2.44. The maximum Gasteiger partial charge on any atom is 0.234 e. The number of carbonyl (C=O) groups is 1. The fraction of sp³-hybridized carbons (Fsp3) is 0.941. The molecule has 1 N–H and O–H groups in total. The van der Waals surface area contributed by atoms with Crippen molar-refractivity contribution in [1.82, 2.24) is 10.2 Å². The number of carbonyl (C=O) groups excluding carboxylic acids is 1. The molecule has 0 spiro atoms. The maximum absolute atomic E-state index is 12.2. The lowest BCUT2D eigenvalue weighted by atomic mass is 10.1. The van der Waals surface area contributed by atoms with E-state index in [0.717, 1.165) is 13.1 Å². The fourth-order valence-electron chi connectivity index (χ4n) is 3.14. The Kier molecular flexibility index (Phi) is 8.20. The van der Waals surface area contributed by atoms with E-state index in [0.29, 0.717) is 24.4 Å². The summed E-state index contributed by atoms with van der Waals surface area (Å²) in [6.07, 6.45) is 7.54. The van der Waals surface area contributed by atoms with Crippen molar-refractivity contribution < 1.29 is 4.79 Å². The van der Waals surface area contributed by atoms with Crippen molar-refractivity contribution in [2.75, 3.05) is 19.6 Å². The van der Waals surface area contributed by atoms with Gasteiger partial charge in [-0.3, -0.25) is 9.69 Å². The normalized spacial score (nSPS) is 17.8. The molecule has 1 rings (SSSR count). The van der Waals surface area contributed by atoms with E-state index in [-0.39, 0.29) is 5.91 Å². The molecule has 1 amide bonds. The van der Waals surface area contributed by atoms with E-state index in [2.05, 4.69) is 37.9 Å². The molecule has 0 saturated heterocycles. The van der Waals surface area contributed by atoms with Crippen LogP contribution >= 0.6 is 0 Å². The summed E-state index contributed by atoms with van der Waals surface area (Å²) in [7, 11) is 0. The molecule has 0 aromatic carbocycles. The van der Waals surface area contributed by atoms with Gasteiger partial charge in [-0.2, -0.15) is 0 Å². The Morgan fingerprint density at radius 3 is 1.95 bits per heavy atom. The molecule has 0 radical (unpaired) electrons. The average molecular weight is 282 g/mol. The molecule has 3 heteroatoms. The molecule has 0 aromatic rings. The van der Waals surface area contributed by atoms with Gasteiger partial charge in [-0.15, -0.1) is 0 Å². The Bertz CT molecular complexity index is 258. The summed E-state index contributed by atoms with van der Waals surface area (Å²) in [6, 6.07) is 0.421. The molecule has 118 valence electrons. The zero-order chi connectivity index (χ0) is 15.0. The molecular formula is C17H34N2O. The van der Waals surface area contributed by atoms with Crippen LogP contribution in [0.3, 0.4) is 0 Å². The van der Waals surface area contributed by atoms with Gasteiger partial charge in [-0.1, -0.05) is 53.4 Å². The molecule has 1 saturated carbocycles. The largest absolute Gasteiger partial charge is 0.352 e. The van der Waals surface area contributed by atoms with Gasteiger partial charge in [0, 0.05) is 19.1 Å². The van der Waals surface area contributed by atoms with Crippen molar-refractivity contribution >= 4 is 5.91 Å². The third-order valence-electron chi connectivity index (χ3n) is 3.83. The quantitative estimate of drug-likeness (QED) is 0.726. The Balaban J connectivity index is 2.39. The molecule has 1 aliphatic carbocycles. The minimum Gasteiger partial charge on any atom is -0.352 e. The summed E-state index contributed by atoms with van der Waals surface area (Å²) >= 11 is 0. The Morgan fingerprint density at radius 1 is 1.00 bits per heavy atom. The van der Waals surface area contributed by atoms with Crippen molar-refractivity contribution in [3.05, 3.63) is 0 Å². The van der Waals surface area contributed by atoms with E-state index in [1.54, 1.807) is 0 Å². The Hall–Kier alpha value is -0.570. The van der Waals surface area contributed by atoms with Crippen LogP contribution in [0.2, 0.25) is 0 Å². The van der Waals surface area contributed by atoms with Crippen LogP contribution in [0.15, 0.2) is 0 Å².